The van der Waals surface area contributed by atoms with Crippen molar-refractivity contribution in [1.82, 2.24) is 10.2 Å². The van der Waals surface area contributed by atoms with Crippen molar-refractivity contribution < 1.29 is 9.21 Å². The Morgan fingerprint density at radius 3 is 2.68 bits per heavy atom. The van der Waals surface area contributed by atoms with Crippen molar-refractivity contribution >= 4 is 22.6 Å². The van der Waals surface area contributed by atoms with Gasteiger partial charge in [-0.05, 0) is 56.0 Å². The number of nitrogens with one attached hydrogen (secondary N) is 2. The van der Waals surface area contributed by atoms with Crippen LogP contribution in [0.25, 0.3) is 11.0 Å². The Morgan fingerprint density at radius 2 is 2.00 bits per heavy atom. The molecule has 1 aromatic carbocycles. The highest BCUT2D eigenvalue weighted by atomic mass is 16.3. The van der Waals surface area contributed by atoms with Crippen molar-refractivity contribution in [3.63, 3.8) is 0 Å². The molecule has 0 saturated carbocycles. The summed E-state index contributed by atoms with van der Waals surface area (Å²) in [6.07, 6.45) is 1.22. The van der Waals surface area contributed by atoms with E-state index >= 15 is 0 Å². The van der Waals surface area contributed by atoms with Crippen molar-refractivity contribution in [3.8, 4) is 0 Å². The first-order chi connectivity index (χ1) is 12.0. The summed E-state index contributed by atoms with van der Waals surface area (Å²) in [6, 6.07) is 5.45. The highest BCUT2D eigenvalue weighted by molar-refractivity contribution is 6.06. The Kier molecular flexibility index (Phi) is 4.44. The molecule has 0 atom stereocenters. The van der Waals surface area contributed by atoms with Crippen LogP contribution >= 0.6 is 0 Å². The van der Waals surface area contributed by atoms with Gasteiger partial charge in [-0.25, -0.2) is 5.10 Å². The highest BCUT2D eigenvalue weighted by Crippen LogP contribution is 2.27. The number of aromatic amines is 1. The summed E-state index contributed by atoms with van der Waals surface area (Å²) in [5.41, 5.74) is 3.53. The Labute approximate surface area is 145 Å². The number of fused-ring (bicyclic) bond motifs is 1. The van der Waals surface area contributed by atoms with Crippen LogP contribution in [0.15, 0.2) is 27.4 Å². The molecule has 6 nitrogen and oxygen atoms in total. The topological polar surface area (TPSA) is 88.0 Å². The molecule has 3 aromatic rings. The summed E-state index contributed by atoms with van der Waals surface area (Å²) in [5, 5.41) is 10.2. The van der Waals surface area contributed by atoms with E-state index in [1.807, 2.05) is 39.8 Å². The Morgan fingerprint density at radius 1 is 1.24 bits per heavy atom. The Hall–Kier alpha value is -2.89. The smallest absolute Gasteiger partial charge is 0.277 e. The van der Waals surface area contributed by atoms with E-state index in [9.17, 15) is 9.59 Å². The fourth-order valence-corrected chi connectivity index (χ4v) is 3.05. The zero-order valence-corrected chi connectivity index (χ0v) is 14.8. The number of hydrogen-bond donors (Lipinski definition) is 2. The minimum atomic E-state index is -0.469. The van der Waals surface area contributed by atoms with Gasteiger partial charge in [0.05, 0.1) is 5.69 Å². The first-order valence-corrected chi connectivity index (χ1v) is 8.37. The Balaban J connectivity index is 2.00. The van der Waals surface area contributed by atoms with E-state index in [0.717, 1.165) is 28.0 Å². The Bertz CT molecular complexity index is 1010. The molecule has 3 rings (SSSR count). The number of hydrogen-bond acceptors (Lipinski definition) is 4. The standard InChI is InChI=1S/C19H21N3O3/c1-5-13-15(6-2)21-22-19(24)17(13)18(23)20-12-7-8-16-14(9-12)10(3)11(4)25-16/h7-9H,5-6H2,1-4H3,(H,20,23)(H,22,24). The van der Waals surface area contributed by atoms with E-state index in [2.05, 4.69) is 15.5 Å². The second-order valence-electron chi connectivity index (χ2n) is 6.01. The molecule has 0 aliphatic rings. The molecule has 2 heterocycles. The van der Waals surface area contributed by atoms with Crippen molar-refractivity contribution in [2.75, 3.05) is 5.32 Å². The minimum Gasteiger partial charge on any atom is -0.461 e. The molecule has 2 aromatic heterocycles. The van der Waals surface area contributed by atoms with Crippen molar-refractivity contribution in [3.05, 3.63) is 56.7 Å². The largest absolute Gasteiger partial charge is 0.461 e. The number of aryl methyl sites for hydroxylation is 3. The van der Waals surface area contributed by atoms with Gasteiger partial charge in [-0.1, -0.05) is 13.8 Å². The van der Waals surface area contributed by atoms with Crippen LogP contribution in [0.1, 0.15) is 46.8 Å². The first-order valence-electron chi connectivity index (χ1n) is 8.37. The zero-order chi connectivity index (χ0) is 18.1. The average molecular weight is 339 g/mol. The number of amides is 1. The van der Waals surface area contributed by atoms with Gasteiger partial charge < -0.3 is 9.73 Å². The molecular formula is C19H21N3O3. The predicted octanol–water partition coefficient (Wildman–Crippen LogP) is 3.51. The molecule has 6 heteroatoms. The van der Waals surface area contributed by atoms with Crippen LogP contribution in [0.5, 0.6) is 0 Å². The van der Waals surface area contributed by atoms with Gasteiger partial charge in [0.25, 0.3) is 11.5 Å². The molecule has 0 saturated heterocycles. The molecule has 0 bridgehead atoms. The van der Waals surface area contributed by atoms with Gasteiger partial charge >= 0.3 is 0 Å². The summed E-state index contributed by atoms with van der Waals surface area (Å²) in [4.78, 5) is 24.9. The second-order valence-corrected chi connectivity index (χ2v) is 6.01. The van der Waals surface area contributed by atoms with Crippen molar-refractivity contribution in [2.24, 2.45) is 0 Å². The average Bonchev–Trinajstić information content (AvgIpc) is 2.88. The van der Waals surface area contributed by atoms with Gasteiger partial charge in [0.15, 0.2) is 0 Å². The molecule has 0 aliphatic carbocycles. The third kappa shape index (κ3) is 2.95. The van der Waals surface area contributed by atoms with E-state index in [4.69, 9.17) is 4.42 Å². The molecule has 2 N–H and O–H groups in total. The number of benzene rings is 1. The third-order valence-electron chi connectivity index (χ3n) is 4.52. The minimum absolute atomic E-state index is 0.134. The molecule has 1 amide bonds. The van der Waals surface area contributed by atoms with Crippen LogP contribution in [0, 0.1) is 13.8 Å². The normalized spacial score (nSPS) is 11.0. The quantitative estimate of drug-likeness (QED) is 0.761. The molecule has 0 aliphatic heterocycles. The third-order valence-corrected chi connectivity index (χ3v) is 4.52. The molecule has 0 fully saturated rings. The van der Waals surface area contributed by atoms with E-state index in [0.29, 0.717) is 24.1 Å². The summed E-state index contributed by atoms with van der Waals surface area (Å²) in [7, 11) is 0. The molecule has 0 radical (unpaired) electrons. The van der Waals surface area contributed by atoms with Crippen LogP contribution in [0.2, 0.25) is 0 Å². The van der Waals surface area contributed by atoms with Crippen LogP contribution < -0.4 is 10.9 Å². The van der Waals surface area contributed by atoms with Gasteiger partial charge in [-0.3, -0.25) is 9.59 Å². The maximum atomic E-state index is 12.7. The van der Waals surface area contributed by atoms with Crippen LogP contribution in [-0.4, -0.2) is 16.1 Å². The predicted molar refractivity (Wildman–Crippen MR) is 97.3 cm³/mol. The number of furan rings is 1. The van der Waals surface area contributed by atoms with Crippen LogP contribution in [0.3, 0.4) is 0 Å². The molecule has 25 heavy (non-hydrogen) atoms. The number of H-pyrrole nitrogens is 1. The summed E-state index contributed by atoms with van der Waals surface area (Å²) in [6.45, 7) is 7.74. The lowest BCUT2D eigenvalue weighted by molar-refractivity contribution is 0.102. The van der Waals surface area contributed by atoms with Crippen LogP contribution in [-0.2, 0) is 12.8 Å². The monoisotopic (exact) mass is 339 g/mol. The molecular weight excluding hydrogens is 318 g/mol. The lowest BCUT2D eigenvalue weighted by Crippen LogP contribution is -2.27. The highest BCUT2D eigenvalue weighted by Gasteiger charge is 2.19. The summed E-state index contributed by atoms with van der Waals surface area (Å²) >= 11 is 0. The molecule has 130 valence electrons. The number of anilines is 1. The first kappa shape index (κ1) is 17.0. The lowest BCUT2D eigenvalue weighted by atomic mass is 10.0. The summed E-state index contributed by atoms with van der Waals surface area (Å²) < 4.78 is 5.65. The van der Waals surface area contributed by atoms with Gasteiger partial charge in [0, 0.05) is 11.1 Å². The van der Waals surface area contributed by atoms with Gasteiger partial charge in [-0.2, -0.15) is 5.10 Å². The second kappa shape index (κ2) is 6.55. The summed E-state index contributed by atoms with van der Waals surface area (Å²) in [5.74, 6) is 0.428. The molecule has 0 spiro atoms. The van der Waals surface area contributed by atoms with E-state index in [1.165, 1.54) is 0 Å². The fraction of sp³-hybridized carbons (Fsp3) is 0.316. The fourth-order valence-electron chi connectivity index (χ4n) is 3.05. The van der Waals surface area contributed by atoms with E-state index < -0.39 is 11.5 Å². The maximum Gasteiger partial charge on any atom is 0.277 e. The maximum absolute atomic E-state index is 12.7. The van der Waals surface area contributed by atoms with E-state index in [1.54, 1.807) is 6.07 Å². The zero-order valence-electron chi connectivity index (χ0n) is 14.8. The lowest BCUT2D eigenvalue weighted by Gasteiger charge is -2.11. The van der Waals surface area contributed by atoms with Crippen LogP contribution in [0.4, 0.5) is 5.69 Å². The van der Waals surface area contributed by atoms with E-state index in [-0.39, 0.29) is 5.56 Å². The SMILES string of the molecule is CCc1n[nH]c(=O)c(C(=O)Nc2ccc3oc(C)c(C)c3c2)c1CC. The number of aromatic nitrogens is 2. The number of rotatable bonds is 4. The number of nitrogens with zero attached hydrogens (tertiary/aromatic N) is 1. The van der Waals surface area contributed by atoms with Gasteiger partial charge in [0.2, 0.25) is 0 Å². The van der Waals surface area contributed by atoms with Gasteiger partial charge in [0.1, 0.15) is 16.9 Å². The van der Waals surface area contributed by atoms with Crippen molar-refractivity contribution in [2.45, 2.75) is 40.5 Å². The van der Waals surface area contributed by atoms with Gasteiger partial charge in [-0.15, -0.1) is 0 Å². The number of carbonyl (C=O) groups is 1. The molecule has 0 unspecified atom stereocenters. The number of carbonyl (C=O) groups excluding carboxylic acids is 1. The van der Waals surface area contributed by atoms with Crippen molar-refractivity contribution in [1.29, 1.82) is 0 Å².